The molecule has 2 rings (SSSR count). The van der Waals surface area contributed by atoms with Crippen molar-refractivity contribution in [3.05, 3.63) is 53.4 Å². The van der Waals surface area contributed by atoms with Crippen molar-refractivity contribution in [2.45, 2.75) is 71.9 Å². The van der Waals surface area contributed by atoms with E-state index in [0.717, 1.165) is 63.1 Å². The molecule has 1 aliphatic carbocycles. The highest BCUT2D eigenvalue weighted by molar-refractivity contribution is 6.19. The summed E-state index contributed by atoms with van der Waals surface area (Å²) in [5.74, 6) is 0.506. The van der Waals surface area contributed by atoms with Gasteiger partial charge < -0.3 is 25.4 Å². The molecule has 3 N–H and O–H groups in total. The zero-order valence-corrected chi connectivity index (χ0v) is 24.2. The SMILES string of the molecule is CCN(CCCNC1=CC(=O)C(NCCCCCCNC(=O)OC(C)(C)C)=CC1=O)Cc1ccccc1OC. The van der Waals surface area contributed by atoms with E-state index in [-0.39, 0.29) is 11.6 Å². The topological polar surface area (TPSA) is 109 Å². The van der Waals surface area contributed by atoms with Crippen molar-refractivity contribution in [2.24, 2.45) is 0 Å². The predicted molar refractivity (Wildman–Crippen MR) is 153 cm³/mol. The van der Waals surface area contributed by atoms with Gasteiger partial charge in [-0.25, -0.2) is 4.79 Å². The summed E-state index contributed by atoms with van der Waals surface area (Å²) in [5, 5.41) is 8.97. The van der Waals surface area contributed by atoms with Crippen LogP contribution in [0.15, 0.2) is 47.8 Å². The van der Waals surface area contributed by atoms with Crippen LogP contribution in [-0.2, 0) is 20.9 Å². The molecule has 1 aromatic carbocycles. The number of hydrogen-bond donors (Lipinski definition) is 3. The van der Waals surface area contributed by atoms with E-state index in [2.05, 4.69) is 33.8 Å². The lowest BCUT2D eigenvalue weighted by Gasteiger charge is -2.22. The summed E-state index contributed by atoms with van der Waals surface area (Å²) < 4.78 is 10.7. The highest BCUT2D eigenvalue weighted by Crippen LogP contribution is 2.19. The molecule has 0 aromatic heterocycles. The normalized spacial score (nSPS) is 13.6. The van der Waals surface area contributed by atoms with Crippen LogP contribution in [0.2, 0.25) is 0 Å². The predicted octanol–water partition coefficient (Wildman–Crippen LogP) is 4.09. The highest BCUT2D eigenvalue weighted by Gasteiger charge is 2.20. The van der Waals surface area contributed by atoms with Crippen LogP contribution in [0.1, 0.15) is 65.4 Å². The Morgan fingerprint density at radius 1 is 0.872 bits per heavy atom. The van der Waals surface area contributed by atoms with Gasteiger partial charge in [-0.05, 0) is 52.6 Å². The standard InChI is InChI=1S/C30H46N4O5/c1-6-34(22-23-14-9-10-15-28(23)38-5)19-13-18-32-25-21-26(35)24(20-27(25)36)31-16-11-7-8-12-17-33-29(37)39-30(2,3)4/h9-10,14-15,20-21,31-32H,6-8,11-13,16-19,22H2,1-5H3,(H,33,37). The van der Waals surface area contributed by atoms with E-state index in [1.807, 2.05) is 39.0 Å². The smallest absolute Gasteiger partial charge is 0.407 e. The van der Waals surface area contributed by atoms with Gasteiger partial charge >= 0.3 is 6.09 Å². The Balaban J connectivity index is 1.61. The van der Waals surface area contributed by atoms with Gasteiger partial charge in [-0.2, -0.15) is 0 Å². The highest BCUT2D eigenvalue weighted by atomic mass is 16.6. The molecule has 0 fully saturated rings. The molecule has 0 radical (unpaired) electrons. The first kappa shape index (κ1) is 31.9. The third kappa shape index (κ3) is 12.4. The quantitative estimate of drug-likeness (QED) is 0.200. The molecule has 0 unspecified atom stereocenters. The van der Waals surface area contributed by atoms with E-state index < -0.39 is 11.7 Å². The second-order valence-corrected chi connectivity index (χ2v) is 10.6. The number of ketones is 2. The summed E-state index contributed by atoms with van der Waals surface area (Å²) in [6.45, 7) is 12.0. The van der Waals surface area contributed by atoms with Crippen molar-refractivity contribution in [3.8, 4) is 5.75 Å². The molecule has 0 heterocycles. The zero-order valence-electron chi connectivity index (χ0n) is 24.2. The summed E-state index contributed by atoms with van der Waals surface area (Å²) in [6.07, 6.45) is 6.83. The summed E-state index contributed by atoms with van der Waals surface area (Å²) >= 11 is 0. The van der Waals surface area contributed by atoms with Gasteiger partial charge in [0.25, 0.3) is 0 Å². The number of carbonyl (C=O) groups excluding carboxylic acids is 3. The van der Waals surface area contributed by atoms with Gasteiger partial charge in [-0.1, -0.05) is 38.0 Å². The molecule has 9 heteroatoms. The fraction of sp³-hybridized carbons (Fsp3) is 0.567. The number of amides is 1. The zero-order chi connectivity index (χ0) is 28.7. The monoisotopic (exact) mass is 542 g/mol. The second kappa shape index (κ2) is 16.6. The number of benzene rings is 1. The molecule has 0 atom stereocenters. The van der Waals surface area contributed by atoms with Crippen LogP contribution in [0.3, 0.4) is 0 Å². The lowest BCUT2D eigenvalue weighted by molar-refractivity contribution is -0.115. The first-order valence-electron chi connectivity index (χ1n) is 13.9. The van der Waals surface area contributed by atoms with E-state index in [1.165, 1.54) is 12.2 Å². The van der Waals surface area contributed by atoms with Crippen molar-refractivity contribution in [1.82, 2.24) is 20.9 Å². The minimum atomic E-state index is -0.497. The van der Waals surface area contributed by atoms with E-state index >= 15 is 0 Å². The minimum Gasteiger partial charge on any atom is -0.496 e. The Morgan fingerprint density at radius 3 is 2.05 bits per heavy atom. The fourth-order valence-corrected chi connectivity index (χ4v) is 4.12. The number of hydrogen-bond acceptors (Lipinski definition) is 8. The number of methoxy groups -OCH3 is 1. The molecule has 0 spiro atoms. The molecule has 1 aliphatic rings. The molecule has 0 saturated carbocycles. The van der Waals surface area contributed by atoms with E-state index in [1.54, 1.807) is 7.11 Å². The number of nitrogens with one attached hydrogen (secondary N) is 3. The average molecular weight is 543 g/mol. The largest absolute Gasteiger partial charge is 0.496 e. The first-order valence-corrected chi connectivity index (χ1v) is 13.9. The van der Waals surface area contributed by atoms with Gasteiger partial charge in [0.2, 0.25) is 11.6 Å². The number of allylic oxidation sites excluding steroid dienone is 2. The Kier molecular flexibility index (Phi) is 13.6. The van der Waals surface area contributed by atoms with Gasteiger partial charge in [0, 0.05) is 50.4 Å². The molecule has 0 saturated heterocycles. The Bertz CT molecular complexity index is 1010. The summed E-state index contributed by atoms with van der Waals surface area (Å²) in [5.41, 5.74) is 1.33. The average Bonchev–Trinajstić information content (AvgIpc) is 2.88. The minimum absolute atomic E-state index is 0.188. The van der Waals surface area contributed by atoms with E-state index in [0.29, 0.717) is 31.0 Å². The van der Waals surface area contributed by atoms with Crippen LogP contribution in [0.25, 0.3) is 0 Å². The van der Waals surface area contributed by atoms with Crippen LogP contribution in [-0.4, -0.2) is 68.0 Å². The first-order chi connectivity index (χ1) is 18.6. The second-order valence-electron chi connectivity index (χ2n) is 10.6. The maximum Gasteiger partial charge on any atom is 0.407 e. The molecule has 0 aliphatic heterocycles. The molecule has 216 valence electrons. The number of para-hydroxylation sites is 1. The molecular formula is C30H46N4O5. The number of alkyl carbamates (subject to hydrolysis) is 1. The van der Waals surface area contributed by atoms with Crippen molar-refractivity contribution in [2.75, 3.05) is 39.8 Å². The molecule has 1 aromatic rings. The molecular weight excluding hydrogens is 496 g/mol. The van der Waals surface area contributed by atoms with Crippen molar-refractivity contribution >= 4 is 17.7 Å². The Hall–Kier alpha value is -3.33. The fourth-order valence-electron chi connectivity index (χ4n) is 4.12. The molecule has 39 heavy (non-hydrogen) atoms. The maximum atomic E-state index is 12.5. The van der Waals surface area contributed by atoms with E-state index in [9.17, 15) is 14.4 Å². The van der Waals surface area contributed by atoms with Crippen LogP contribution in [0.4, 0.5) is 4.79 Å². The summed E-state index contributed by atoms with van der Waals surface area (Å²) in [4.78, 5) is 39.0. The van der Waals surface area contributed by atoms with Gasteiger partial charge in [-0.3, -0.25) is 14.5 Å². The third-order valence-electron chi connectivity index (χ3n) is 6.17. The number of unbranched alkanes of at least 4 members (excludes halogenated alkanes) is 3. The van der Waals surface area contributed by atoms with Gasteiger partial charge in [0.15, 0.2) is 0 Å². The number of nitrogens with zero attached hydrogens (tertiary/aromatic N) is 1. The summed E-state index contributed by atoms with van der Waals surface area (Å²) in [7, 11) is 1.68. The number of rotatable bonds is 17. The maximum absolute atomic E-state index is 12.5. The lowest BCUT2D eigenvalue weighted by atomic mass is 10.1. The van der Waals surface area contributed by atoms with Crippen LogP contribution < -0.4 is 20.7 Å². The van der Waals surface area contributed by atoms with Gasteiger partial charge in [0.1, 0.15) is 11.4 Å². The van der Waals surface area contributed by atoms with Crippen LogP contribution >= 0.6 is 0 Å². The van der Waals surface area contributed by atoms with Crippen LogP contribution in [0.5, 0.6) is 5.75 Å². The molecule has 9 nitrogen and oxygen atoms in total. The van der Waals surface area contributed by atoms with E-state index in [4.69, 9.17) is 9.47 Å². The van der Waals surface area contributed by atoms with Crippen molar-refractivity contribution in [3.63, 3.8) is 0 Å². The van der Waals surface area contributed by atoms with Gasteiger partial charge in [0.05, 0.1) is 18.5 Å². The number of ether oxygens (including phenoxy) is 2. The Morgan fingerprint density at radius 2 is 1.46 bits per heavy atom. The number of carbonyl (C=O) groups is 3. The lowest BCUT2D eigenvalue weighted by Crippen LogP contribution is -2.33. The summed E-state index contributed by atoms with van der Waals surface area (Å²) in [6, 6.07) is 8.01. The van der Waals surface area contributed by atoms with Gasteiger partial charge in [-0.15, -0.1) is 0 Å². The van der Waals surface area contributed by atoms with Crippen LogP contribution in [0, 0.1) is 0 Å². The van der Waals surface area contributed by atoms with Crippen molar-refractivity contribution < 1.29 is 23.9 Å². The Labute approximate surface area is 233 Å². The van der Waals surface area contributed by atoms with Crippen molar-refractivity contribution in [1.29, 1.82) is 0 Å². The third-order valence-corrected chi connectivity index (χ3v) is 6.17. The molecule has 0 bridgehead atoms. The molecule has 1 amide bonds.